The molecule has 0 bridgehead atoms. The summed E-state index contributed by atoms with van der Waals surface area (Å²) in [4.78, 5) is 30.9. The van der Waals surface area contributed by atoms with Gasteiger partial charge in [-0.15, -0.1) is 0 Å². The van der Waals surface area contributed by atoms with Gasteiger partial charge >= 0.3 is 0 Å². The first-order chi connectivity index (χ1) is 12.6. The van der Waals surface area contributed by atoms with E-state index in [0.29, 0.717) is 37.6 Å². The molecule has 0 atom stereocenters. The molecule has 1 saturated heterocycles. The van der Waals surface area contributed by atoms with Crippen molar-refractivity contribution in [1.29, 1.82) is 0 Å². The van der Waals surface area contributed by atoms with Crippen LogP contribution in [0.3, 0.4) is 0 Å². The first kappa shape index (κ1) is 18.2. The molecule has 136 valence electrons. The van der Waals surface area contributed by atoms with Crippen LogP contribution in [0.25, 0.3) is 0 Å². The minimum atomic E-state index is -0.460. The Morgan fingerprint density at radius 1 is 1.15 bits per heavy atom. The van der Waals surface area contributed by atoms with E-state index in [2.05, 4.69) is 11.2 Å². The molecule has 1 aromatic heterocycles. The van der Waals surface area contributed by atoms with Crippen LogP contribution in [0.2, 0.25) is 0 Å². The molecule has 1 aromatic carbocycles. The van der Waals surface area contributed by atoms with Crippen molar-refractivity contribution >= 4 is 29.2 Å². The molecule has 7 nitrogen and oxygen atoms in total. The zero-order valence-electron chi connectivity index (χ0n) is 14.5. The van der Waals surface area contributed by atoms with Gasteiger partial charge in [0, 0.05) is 43.6 Å². The fraction of sp³-hybridized carbons (Fsp3) is 0.333. The van der Waals surface area contributed by atoms with E-state index in [-0.39, 0.29) is 11.6 Å². The molecular weight excluding hydrogens is 352 g/mol. The van der Waals surface area contributed by atoms with E-state index in [1.54, 1.807) is 17.8 Å². The molecule has 0 unspecified atom stereocenters. The lowest BCUT2D eigenvalue weighted by Crippen LogP contribution is -2.49. The van der Waals surface area contributed by atoms with Crippen LogP contribution in [0.5, 0.6) is 0 Å². The molecule has 1 aliphatic heterocycles. The fourth-order valence-electron chi connectivity index (χ4n) is 2.90. The maximum Gasteiger partial charge on any atom is 0.287 e. The van der Waals surface area contributed by atoms with Gasteiger partial charge in [-0.1, -0.05) is 12.1 Å². The molecule has 1 amide bonds. The number of carbonyl (C=O) groups is 1. The quantitative estimate of drug-likeness (QED) is 0.593. The third-order valence-corrected chi connectivity index (χ3v) is 4.97. The van der Waals surface area contributed by atoms with Crippen LogP contribution in [0.15, 0.2) is 42.6 Å². The fourth-order valence-corrected chi connectivity index (χ4v) is 3.43. The number of rotatable bonds is 5. The highest BCUT2D eigenvalue weighted by atomic mass is 32.2. The van der Waals surface area contributed by atoms with Crippen molar-refractivity contribution in [3.63, 3.8) is 0 Å². The lowest BCUT2D eigenvalue weighted by molar-refractivity contribution is -0.385. The summed E-state index contributed by atoms with van der Waals surface area (Å²) < 4.78 is 0. The van der Waals surface area contributed by atoms with E-state index in [0.717, 1.165) is 5.75 Å². The third kappa shape index (κ3) is 4.13. The number of pyridine rings is 1. The second-order valence-corrected chi connectivity index (χ2v) is 6.91. The maximum atomic E-state index is 12.6. The molecule has 0 aliphatic carbocycles. The largest absolute Gasteiger partial charge is 0.353 e. The molecule has 3 rings (SSSR count). The van der Waals surface area contributed by atoms with E-state index in [1.165, 1.54) is 17.8 Å². The van der Waals surface area contributed by atoms with Gasteiger partial charge in [0.25, 0.3) is 11.6 Å². The van der Waals surface area contributed by atoms with Gasteiger partial charge in [-0.05, 0) is 30.0 Å². The topological polar surface area (TPSA) is 79.6 Å². The van der Waals surface area contributed by atoms with Gasteiger partial charge in [0.15, 0.2) is 0 Å². The van der Waals surface area contributed by atoms with Crippen LogP contribution in [-0.4, -0.2) is 53.1 Å². The van der Waals surface area contributed by atoms with Gasteiger partial charge in [0.1, 0.15) is 12.0 Å². The normalized spacial score (nSPS) is 14.3. The summed E-state index contributed by atoms with van der Waals surface area (Å²) in [6, 6.07) is 10.9. The Morgan fingerprint density at radius 2 is 1.85 bits per heavy atom. The zero-order chi connectivity index (χ0) is 18.5. The number of carbonyl (C=O) groups excluding carboxylic acids is 1. The average molecular weight is 372 g/mol. The Balaban J connectivity index is 1.59. The van der Waals surface area contributed by atoms with Gasteiger partial charge in [0.05, 0.1) is 4.92 Å². The predicted molar refractivity (Wildman–Crippen MR) is 103 cm³/mol. The Labute approximate surface area is 156 Å². The van der Waals surface area contributed by atoms with Crippen LogP contribution in [-0.2, 0) is 5.75 Å². The van der Waals surface area contributed by atoms with Gasteiger partial charge in [-0.25, -0.2) is 4.98 Å². The van der Waals surface area contributed by atoms with Crippen LogP contribution >= 0.6 is 11.8 Å². The Bertz CT molecular complexity index is 772. The Hall–Kier alpha value is -2.61. The van der Waals surface area contributed by atoms with Crippen molar-refractivity contribution in [3.8, 4) is 0 Å². The van der Waals surface area contributed by atoms with Crippen LogP contribution < -0.4 is 4.90 Å². The minimum absolute atomic E-state index is 0.0208. The molecule has 2 aromatic rings. The first-order valence-electron chi connectivity index (χ1n) is 8.31. The maximum absolute atomic E-state index is 12.6. The molecular formula is C18H20N4O3S. The van der Waals surface area contributed by atoms with Crippen LogP contribution in [0.4, 0.5) is 11.5 Å². The molecule has 0 radical (unpaired) electrons. The molecule has 26 heavy (non-hydrogen) atoms. The minimum Gasteiger partial charge on any atom is -0.353 e. The molecule has 2 heterocycles. The van der Waals surface area contributed by atoms with Gasteiger partial charge < -0.3 is 9.80 Å². The molecule has 0 saturated carbocycles. The van der Waals surface area contributed by atoms with Gasteiger partial charge in [-0.2, -0.15) is 11.8 Å². The highest BCUT2D eigenvalue weighted by molar-refractivity contribution is 7.97. The van der Waals surface area contributed by atoms with Crippen molar-refractivity contribution in [2.45, 2.75) is 5.75 Å². The standard InChI is InChI=1S/C18H20N4O3S/c1-26-13-14-2-4-15(5-3-14)18(23)21-10-8-20(9-11-21)17-7-6-16(12-19-17)22(24)25/h2-7,12H,8-11,13H2,1H3. The summed E-state index contributed by atoms with van der Waals surface area (Å²) >= 11 is 1.75. The van der Waals surface area contributed by atoms with E-state index in [4.69, 9.17) is 0 Å². The van der Waals surface area contributed by atoms with Crippen molar-refractivity contribution in [3.05, 3.63) is 63.8 Å². The summed E-state index contributed by atoms with van der Waals surface area (Å²) in [5, 5.41) is 10.7. The van der Waals surface area contributed by atoms with Crippen LogP contribution in [0, 0.1) is 10.1 Å². The number of piperazine rings is 1. The summed E-state index contributed by atoms with van der Waals surface area (Å²) in [7, 11) is 0. The molecule has 1 aliphatic rings. The summed E-state index contributed by atoms with van der Waals surface area (Å²) in [6.07, 6.45) is 3.32. The van der Waals surface area contributed by atoms with Crippen molar-refractivity contribution in [1.82, 2.24) is 9.88 Å². The van der Waals surface area contributed by atoms with Crippen molar-refractivity contribution in [2.24, 2.45) is 0 Å². The lowest BCUT2D eigenvalue weighted by atomic mass is 10.1. The average Bonchev–Trinajstić information content (AvgIpc) is 2.68. The highest BCUT2D eigenvalue weighted by Gasteiger charge is 2.23. The number of anilines is 1. The smallest absolute Gasteiger partial charge is 0.287 e. The summed E-state index contributed by atoms with van der Waals surface area (Å²) in [5.74, 6) is 1.68. The van der Waals surface area contributed by atoms with Crippen molar-refractivity contribution in [2.75, 3.05) is 37.3 Å². The second kappa shape index (κ2) is 8.18. The van der Waals surface area contributed by atoms with E-state index < -0.39 is 4.92 Å². The number of benzene rings is 1. The van der Waals surface area contributed by atoms with E-state index in [9.17, 15) is 14.9 Å². The molecule has 0 N–H and O–H groups in total. The highest BCUT2D eigenvalue weighted by Crippen LogP contribution is 2.18. The number of nitrogens with zero attached hydrogens (tertiary/aromatic N) is 4. The van der Waals surface area contributed by atoms with E-state index >= 15 is 0 Å². The lowest BCUT2D eigenvalue weighted by Gasteiger charge is -2.35. The summed E-state index contributed by atoms with van der Waals surface area (Å²) in [6.45, 7) is 2.51. The Kier molecular flexibility index (Phi) is 5.72. The molecule has 1 fully saturated rings. The van der Waals surface area contributed by atoms with Gasteiger partial charge in [-0.3, -0.25) is 14.9 Å². The second-order valence-electron chi connectivity index (χ2n) is 6.04. The summed E-state index contributed by atoms with van der Waals surface area (Å²) in [5.41, 5.74) is 1.90. The van der Waals surface area contributed by atoms with Gasteiger partial charge in [0.2, 0.25) is 0 Å². The predicted octanol–water partition coefficient (Wildman–Crippen LogP) is 2.82. The number of nitro groups is 1. The number of aromatic nitrogens is 1. The molecule has 0 spiro atoms. The zero-order valence-corrected chi connectivity index (χ0v) is 15.3. The molecule has 8 heteroatoms. The monoisotopic (exact) mass is 372 g/mol. The SMILES string of the molecule is CSCc1ccc(C(=O)N2CCN(c3ccc([N+](=O)[O-])cn3)CC2)cc1. The van der Waals surface area contributed by atoms with Crippen molar-refractivity contribution < 1.29 is 9.72 Å². The number of amides is 1. The third-order valence-electron chi connectivity index (χ3n) is 4.35. The number of hydrogen-bond acceptors (Lipinski definition) is 6. The van der Waals surface area contributed by atoms with E-state index in [1.807, 2.05) is 34.1 Å². The number of hydrogen-bond donors (Lipinski definition) is 0. The first-order valence-corrected chi connectivity index (χ1v) is 9.70. The number of thioether (sulfide) groups is 1. The van der Waals surface area contributed by atoms with Crippen LogP contribution in [0.1, 0.15) is 15.9 Å². The Morgan fingerprint density at radius 3 is 2.38 bits per heavy atom.